The number of alkyl halides is 2. The summed E-state index contributed by atoms with van der Waals surface area (Å²) in [7, 11) is 1.82. The van der Waals surface area contributed by atoms with Gasteiger partial charge < -0.3 is 9.64 Å². The van der Waals surface area contributed by atoms with E-state index in [0.29, 0.717) is 29.9 Å². The van der Waals surface area contributed by atoms with Crippen LogP contribution in [0, 0.1) is 11.8 Å². The standard InChI is InChI=1S/C21H22F2N6O2/c1-4-5-19(30)28(13-18(22)23)15-8-21(2,9-15)31-20-17-6-7-24-29(17)12-16(26-20)14-10-25-27(3)11-14/h6-7,10-12,15,18H,8-9,13H2,1-3H3. The molecule has 10 heteroatoms. The third-order valence-corrected chi connectivity index (χ3v) is 5.30. The zero-order chi connectivity index (χ0) is 22.2. The number of aromatic nitrogens is 5. The Labute approximate surface area is 177 Å². The first-order valence-corrected chi connectivity index (χ1v) is 9.82. The molecule has 0 bridgehead atoms. The second-order valence-corrected chi connectivity index (χ2v) is 7.83. The van der Waals surface area contributed by atoms with Gasteiger partial charge in [0.1, 0.15) is 11.1 Å². The van der Waals surface area contributed by atoms with Crippen LogP contribution < -0.4 is 4.74 Å². The molecule has 162 valence electrons. The van der Waals surface area contributed by atoms with Crippen molar-refractivity contribution in [2.45, 2.75) is 44.8 Å². The Morgan fingerprint density at radius 3 is 2.81 bits per heavy atom. The van der Waals surface area contributed by atoms with E-state index in [4.69, 9.17) is 4.74 Å². The fourth-order valence-electron chi connectivity index (χ4n) is 3.86. The van der Waals surface area contributed by atoms with Gasteiger partial charge in [-0.05, 0) is 25.8 Å². The predicted octanol–water partition coefficient (Wildman–Crippen LogP) is 2.55. The first-order valence-electron chi connectivity index (χ1n) is 9.82. The van der Waals surface area contributed by atoms with Crippen LogP contribution in [0.1, 0.15) is 26.7 Å². The monoisotopic (exact) mass is 428 g/mol. The summed E-state index contributed by atoms with van der Waals surface area (Å²) >= 11 is 0. The fourth-order valence-corrected chi connectivity index (χ4v) is 3.86. The van der Waals surface area contributed by atoms with Crippen LogP contribution in [0.4, 0.5) is 8.78 Å². The van der Waals surface area contributed by atoms with Crippen LogP contribution in [-0.2, 0) is 11.8 Å². The molecule has 0 radical (unpaired) electrons. The Kier molecular flexibility index (Phi) is 5.35. The zero-order valence-electron chi connectivity index (χ0n) is 17.4. The molecule has 8 nitrogen and oxygen atoms in total. The molecule has 0 N–H and O–H groups in total. The van der Waals surface area contributed by atoms with Crippen molar-refractivity contribution in [1.29, 1.82) is 0 Å². The normalized spacial score (nSPS) is 20.3. The summed E-state index contributed by atoms with van der Waals surface area (Å²) < 4.78 is 35.6. The van der Waals surface area contributed by atoms with Crippen molar-refractivity contribution >= 4 is 11.4 Å². The average molecular weight is 428 g/mol. The van der Waals surface area contributed by atoms with E-state index >= 15 is 0 Å². The number of amides is 1. The molecule has 0 spiro atoms. The molecule has 3 aromatic heterocycles. The van der Waals surface area contributed by atoms with E-state index in [9.17, 15) is 13.6 Å². The molecule has 4 rings (SSSR count). The molecule has 3 heterocycles. The highest BCUT2D eigenvalue weighted by Crippen LogP contribution is 2.40. The number of nitrogens with zero attached hydrogens (tertiary/aromatic N) is 6. The van der Waals surface area contributed by atoms with Gasteiger partial charge in [-0.15, -0.1) is 0 Å². The van der Waals surface area contributed by atoms with Crippen molar-refractivity contribution in [3.05, 3.63) is 30.9 Å². The van der Waals surface area contributed by atoms with E-state index in [1.807, 2.05) is 20.2 Å². The summed E-state index contributed by atoms with van der Waals surface area (Å²) in [6.45, 7) is 2.74. The average Bonchev–Trinajstić information content (AvgIpc) is 3.33. The maximum Gasteiger partial charge on any atom is 0.298 e. The molecule has 1 aliphatic carbocycles. The number of halogens is 2. The smallest absolute Gasteiger partial charge is 0.298 e. The molecule has 0 saturated heterocycles. The molecule has 3 aromatic rings. The number of fused-ring (bicyclic) bond motifs is 1. The Hall–Kier alpha value is -3.48. The quantitative estimate of drug-likeness (QED) is 0.564. The lowest BCUT2D eigenvalue weighted by atomic mass is 9.76. The molecule has 1 saturated carbocycles. The number of hydrogen-bond acceptors (Lipinski definition) is 5. The molecule has 1 fully saturated rings. The maximum absolute atomic E-state index is 13.0. The van der Waals surface area contributed by atoms with Crippen molar-refractivity contribution in [1.82, 2.24) is 29.3 Å². The SMILES string of the molecule is CC#CC(=O)N(CC(F)F)C1CC(C)(Oc2nc(-c3cnn(C)c3)cn3nccc23)C1. The van der Waals surface area contributed by atoms with E-state index in [-0.39, 0.29) is 6.04 Å². The number of aryl methyl sites for hydroxylation is 1. The van der Waals surface area contributed by atoms with Crippen LogP contribution in [0.3, 0.4) is 0 Å². The molecule has 1 amide bonds. The lowest BCUT2D eigenvalue weighted by molar-refractivity contribution is -0.138. The van der Waals surface area contributed by atoms with Gasteiger partial charge in [-0.1, -0.05) is 5.92 Å². The van der Waals surface area contributed by atoms with Gasteiger partial charge in [-0.2, -0.15) is 10.2 Å². The van der Waals surface area contributed by atoms with Crippen LogP contribution in [0.2, 0.25) is 0 Å². The molecule has 31 heavy (non-hydrogen) atoms. The minimum absolute atomic E-state index is 0.366. The van der Waals surface area contributed by atoms with Gasteiger partial charge in [-0.3, -0.25) is 9.48 Å². The van der Waals surface area contributed by atoms with Crippen LogP contribution in [0.5, 0.6) is 5.88 Å². The molecule has 0 atom stereocenters. The highest BCUT2D eigenvalue weighted by atomic mass is 19.3. The van der Waals surface area contributed by atoms with Gasteiger partial charge in [0, 0.05) is 37.7 Å². The summed E-state index contributed by atoms with van der Waals surface area (Å²) in [6.07, 6.45) is 5.15. The largest absolute Gasteiger partial charge is 0.470 e. The Bertz CT molecular complexity index is 1170. The molecular formula is C21H22F2N6O2. The third kappa shape index (κ3) is 4.21. The van der Waals surface area contributed by atoms with E-state index in [2.05, 4.69) is 27.0 Å². The van der Waals surface area contributed by atoms with E-state index in [1.54, 1.807) is 33.9 Å². The molecule has 0 aromatic carbocycles. The topological polar surface area (TPSA) is 77.6 Å². The summed E-state index contributed by atoms with van der Waals surface area (Å²) in [4.78, 5) is 18.0. The summed E-state index contributed by atoms with van der Waals surface area (Å²) in [5.74, 6) is 4.63. The number of ether oxygens (including phenoxy) is 1. The fraction of sp³-hybridized carbons (Fsp3) is 0.429. The van der Waals surface area contributed by atoms with Gasteiger partial charge in [0.25, 0.3) is 12.3 Å². The van der Waals surface area contributed by atoms with E-state index in [1.165, 1.54) is 6.92 Å². The van der Waals surface area contributed by atoms with Crippen molar-refractivity contribution in [2.24, 2.45) is 7.05 Å². The van der Waals surface area contributed by atoms with Gasteiger partial charge >= 0.3 is 0 Å². The highest BCUT2D eigenvalue weighted by molar-refractivity contribution is 5.93. The van der Waals surface area contributed by atoms with Crippen molar-refractivity contribution in [3.8, 4) is 29.0 Å². The molecule has 0 unspecified atom stereocenters. The number of carbonyl (C=O) groups excluding carboxylic acids is 1. The van der Waals surface area contributed by atoms with Crippen LogP contribution >= 0.6 is 0 Å². The second kappa shape index (κ2) is 7.98. The summed E-state index contributed by atoms with van der Waals surface area (Å²) in [6, 6.07) is 1.42. The third-order valence-electron chi connectivity index (χ3n) is 5.30. The zero-order valence-corrected chi connectivity index (χ0v) is 17.4. The molecular weight excluding hydrogens is 406 g/mol. The van der Waals surface area contributed by atoms with E-state index in [0.717, 1.165) is 10.5 Å². The van der Waals surface area contributed by atoms with Gasteiger partial charge in [0.2, 0.25) is 5.88 Å². The second-order valence-electron chi connectivity index (χ2n) is 7.83. The van der Waals surface area contributed by atoms with Crippen molar-refractivity contribution in [3.63, 3.8) is 0 Å². The number of hydrogen-bond donors (Lipinski definition) is 0. The minimum Gasteiger partial charge on any atom is -0.470 e. The number of carbonyl (C=O) groups is 1. The van der Waals surface area contributed by atoms with Gasteiger partial charge in [0.15, 0.2) is 0 Å². The van der Waals surface area contributed by atoms with Crippen LogP contribution in [-0.4, -0.2) is 59.8 Å². The lowest BCUT2D eigenvalue weighted by Crippen LogP contribution is -2.58. The summed E-state index contributed by atoms with van der Waals surface area (Å²) in [5.41, 5.74) is 1.49. The first-order chi connectivity index (χ1) is 14.8. The first kappa shape index (κ1) is 20.8. The molecule has 0 aliphatic heterocycles. The Balaban J connectivity index is 1.56. The Morgan fingerprint density at radius 1 is 1.39 bits per heavy atom. The van der Waals surface area contributed by atoms with Crippen LogP contribution in [0.25, 0.3) is 16.8 Å². The lowest BCUT2D eigenvalue weighted by Gasteiger charge is -2.48. The minimum atomic E-state index is -2.63. The van der Waals surface area contributed by atoms with Crippen molar-refractivity contribution < 1.29 is 18.3 Å². The van der Waals surface area contributed by atoms with E-state index < -0.39 is 24.5 Å². The highest BCUT2D eigenvalue weighted by Gasteiger charge is 2.47. The maximum atomic E-state index is 13.0. The van der Waals surface area contributed by atoms with Crippen LogP contribution in [0.15, 0.2) is 30.9 Å². The van der Waals surface area contributed by atoms with Gasteiger partial charge in [0.05, 0.1) is 30.8 Å². The summed E-state index contributed by atoms with van der Waals surface area (Å²) in [5, 5.41) is 8.46. The number of rotatable bonds is 6. The Morgan fingerprint density at radius 2 is 2.16 bits per heavy atom. The molecule has 1 aliphatic rings. The predicted molar refractivity (Wildman–Crippen MR) is 108 cm³/mol. The van der Waals surface area contributed by atoms with Gasteiger partial charge in [-0.25, -0.2) is 18.3 Å². The van der Waals surface area contributed by atoms with Crippen molar-refractivity contribution in [2.75, 3.05) is 6.54 Å².